The second-order valence-corrected chi connectivity index (χ2v) is 5.63. The fourth-order valence-electron chi connectivity index (χ4n) is 2.86. The van der Waals surface area contributed by atoms with E-state index in [0.29, 0.717) is 18.2 Å². The Morgan fingerprint density at radius 1 is 0.826 bits per heavy atom. The summed E-state index contributed by atoms with van der Waals surface area (Å²) in [5.41, 5.74) is 3.32. The van der Waals surface area contributed by atoms with Gasteiger partial charge in [0.25, 0.3) is 0 Å². The monoisotopic (exact) mass is 300 g/mol. The van der Waals surface area contributed by atoms with E-state index < -0.39 is 0 Å². The Labute approximate surface area is 134 Å². The van der Waals surface area contributed by atoms with Crippen LogP contribution in [0.4, 0.5) is 0 Å². The van der Waals surface area contributed by atoms with Crippen molar-refractivity contribution in [2.75, 3.05) is 0 Å². The zero-order chi connectivity index (χ0) is 15.6. The molecule has 23 heavy (non-hydrogen) atoms. The number of fused-ring (bicyclic) bond motifs is 1. The number of hydrogen-bond acceptors (Lipinski definition) is 3. The number of rotatable bonds is 3. The van der Waals surface area contributed by atoms with E-state index in [-0.39, 0.29) is 0 Å². The number of aromatic nitrogens is 2. The molecule has 1 heterocycles. The van der Waals surface area contributed by atoms with Gasteiger partial charge in [-0.1, -0.05) is 60.7 Å². The molecule has 112 valence electrons. The SMILES string of the molecule is Cc1ccccc1-c1nnc(Cc2cccc3ccccc23)o1. The van der Waals surface area contributed by atoms with E-state index in [9.17, 15) is 0 Å². The standard InChI is InChI=1S/C20H16N2O/c1-14-7-2-4-11-17(14)20-22-21-19(23-20)13-16-10-6-9-15-8-3-5-12-18(15)16/h2-12H,13H2,1H3. The minimum Gasteiger partial charge on any atom is -0.420 e. The Morgan fingerprint density at radius 2 is 1.61 bits per heavy atom. The van der Waals surface area contributed by atoms with Gasteiger partial charge in [-0.3, -0.25) is 0 Å². The van der Waals surface area contributed by atoms with Gasteiger partial charge < -0.3 is 4.42 Å². The molecule has 0 bridgehead atoms. The molecular formula is C20H16N2O. The van der Waals surface area contributed by atoms with Crippen LogP contribution in [0.15, 0.2) is 71.1 Å². The zero-order valence-corrected chi connectivity index (χ0v) is 12.9. The van der Waals surface area contributed by atoms with Crippen LogP contribution in [0, 0.1) is 6.92 Å². The van der Waals surface area contributed by atoms with Gasteiger partial charge in [0.05, 0.1) is 6.42 Å². The number of nitrogens with zero attached hydrogens (tertiary/aromatic N) is 2. The molecule has 0 spiro atoms. The lowest BCUT2D eigenvalue weighted by Crippen LogP contribution is -1.90. The quantitative estimate of drug-likeness (QED) is 0.546. The van der Waals surface area contributed by atoms with Crippen molar-refractivity contribution in [2.24, 2.45) is 0 Å². The van der Waals surface area contributed by atoms with Gasteiger partial charge in [-0.25, -0.2) is 0 Å². The Balaban J connectivity index is 1.69. The first kappa shape index (κ1) is 13.7. The topological polar surface area (TPSA) is 38.9 Å². The Kier molecular flexibility index (Phi) is 3.39. The average Bonchev–Trinajstić information content (AvgIpc) is 3.04. The summed E-state index contributed by atoms with van der Waals surface area (Å²) in [6, 6.07) is 22.7. The van der Waals surface area contributed by atoms with Crippen LogP contribution in [0.25, 0.3) is 22.2 Å². The maximum absolute atomic E-state index is 5.88. The molecule has 0 radical (unpaired) electrons. The highest BCUT2D eigenvalue weighted by Crippen LogP contribution is 2.24. The Hall–Kier alpha value is -2.94. The fourth-order valence-corrected chi connectivity index (χ4v) is 2.86. The third-order valence-corrected chi connectivity index (χ3v) is 4.06. The highest BCUT2D eigenvalue weighted by Gasteiger charge is 2.12. The molecule has 3 nitrogen and oxygen atoms in total. The molecule has 3 heteroatoms. The van der Waals surface area contributed by atoms with Gasteiger partial charge in [0.15, 0.2) is 0 Å². The molecule has 1 aromatic heterocycles. The highest BCUT2D eigenvalue weighted by molar-refractivity contribution is 5.85. The lowest BCUT2D eigenvalue weighted by molar-refractivity contribution is 0.518. The van der Waals surface area contributed by atoms with E-state index in [0.717, 1.165) is 11.1 Å². The first-order valence-corrected chi connectivity index (χ1v) is 7.66. The van der Waals surface area contributed by atoms with Gasteiger partial charge in [-0.05, 0) is 34.9 Å². The smallest absolute Gasteiger partial charge is 0.248 e. The van der Waals surface area contributed by atoms with Gasteiger partial charge in [0.2, 0.25) is 11.8 Å². The van der Waals surface area contributed by atoms with Crippen molar-refractivity contribution in [2.45, 2.75) is 13.3 Å². The summed E-state index contributed by atoms with van der Waals surface area (Å²) in [7, 11) is 0. The number of benzene rings is 3. The number of aryl methyl sites for hydroxylation is 1. The van der Waals surface area contributed by atoms with Crippen LogP contribution in [0.1, 0.15) is 17.0 Å². The summed E-state index contributed by atoms with van der Waals surface area (Å²) in [6.07, 6.45) is 0.639. The van der Waals surface area contributed by atoms with E-state index in [2.05, 4.69) is 52.7 Å². The van der Waals surface area contributed by atoms with Crippen molar-refractivity contribution in [3.63, 3.8) is 0 Å². The van der Waals surface area contributed by atoms with Crippen LogP contribution >= 0.6 is 0 Å². The van der Waals surface area contributed by atoms with Crippen molar-refractivity contribution in [3.8, 4) is 11.5 Å². The summed E-state index contributed by atoms with van der Waals surface area (Å²) in [6.45, 7) is 2.05. The fraction of sp³-hybridized carbons (Fsp3) is 0.100. The first-order chi connectivity index (χ1) is 11.3. The minimum atomic E-state index is 0.582. The van der Waals surface area contributed by atoms with Gasteiger partial charge in [0.1, 0.15) is 0 Å². The van der Waals surface area contributed by atoms with E-state index in [4.69, 9.17) is 4.42 Å². The van der Waals surface area contributed by atoms with Gasteiger partial charge >= 0.3 is 0 Å². The summed E-state index contributed by atoms with van der Waals surface area (Å²) in [5.74, 6) is 1.22. The highest BCUT2D eigenvalue weighted by atomic mass is 16.4. The summed E-state index contributed by atoms with van der Waals surface area (Å²) in [4.78, 5) is 0. The predicted molar refractivity (Wildman–Crippen MR) is 91.2 cm³/mol. The molecule has 0 aliphatic carbocycles. The molecule has 0 N–H and O–H groups in total. The molecular weight excluding hydrogens is 284 g/mol. The largest absolute Gasteiger partial charge is 0.420 e. The molecule has 4 aromatic rings. The van der Waals surface area contributed by atoms with E-state index in [1.807, 2.05) is 31.2 Å². The average molecular weight is 300 g/mol. The minimum absolute atomic E-state index is 0.582. The second-order valence-electron chi connectivity index (χ2n) is 5.63. The molecule has 0 unspecified atom stereocenters. The second kappa shape index (κ2) is 5.69. The Morgan fingerprint density at radius 3 is 2.52 bits per heavy atom. The lowest BCUT2D eigenvalue weighted by atomic mass is 10.0. The summed E-state index contributed by atoms with van der Waals surface area (Å²) >= 11 is 0. The van der Waals surface area contributed by atoms with Crippen molar-refractivity contribution in [1.82, 2.24) is 10.2 Å². The van der Waals surface area contributed by atoms with Crippen LogP contribution in [0.2, 0.25) is 0 Å². The maximum atomic E-state index is 5.88. The van der Waals surface area contributed by atoms with E-state index in [1.165, 1.54) is 16.3 Å². The van der Waals surface area contributed by atoms with Crippen LogP contribution in [-0.4, -0.2) is 10.2 Å². The van der Waals surface area contributed by atoms with Crippen LogP contribution in [0.3, 0.4) is 0 Å². The molecule has 0 saturated heterocycles. The van der Waals surface area contributed by atoms with Crippen molar-refractivity contribution in [3.05, 3.63) is 83.7 Å². The molecule has 0 fully saturated rings. The van der Waals surface area contributed by atoms with Crippen molar-refractivity contribution >= 4 is 10.8 Å². The Bertz CT molecular complexity index is 967. The molecule has 0 amide bonds. The maximum Gasteiger partial charge on any atom is 0.248 e. The van der Waals surface area contributed by atoms with Crippen molar-refractivity contribution in [1.29, 1.82) is 0 Å². The van der Waals surface area contributed by atoms with Crippen molar-refractivity contribution < 1.29 is 4.42 Å². The molecule has 4 rings (SSSR count). The predicted octanol–water partition coefficient (Wildman–Crippen LogP) is 4.79. The third kappa shape index (κ3) is 2.61. The normalized spacial score (nSPS) is 11.0. The van der Waals surface area contributed by atoms with E-state index in [1.54, 1.807) is 0 Å². The third-order valence-electron chi connectivity index (χ3n) is 4.06. The lowest BCUT2D eigenvalue weighted by Gasteiger charge is -2.03. The molecule has 0 aliphatic rings. The van der Waals surface area contributed by atoms with Gasteiger partial charge in [-0.15, -0.1) is 10.2 Å². The molecule has 0 atom stereocenters. The molecule has 0 aliphatic heterocycles. The number of hydrogen-bond donors (Lipinski definition) is 0. The summed E-state index contributed by atoms with van der Waals surface area (Å²) < 4.78 is 5.88. The van der Waals surface area contributed by atoms with E-state index >= 15 is 0 Å². The molecule has 0 saturated carbocycles. The summed E-state index contributed by atoms with van der Waals surface area (Å²) in [5, 5.41) is 10.9. The van der Waals surface area contributed by atoms with Crippen LogP contribution in [-0.2, 0) is 6.42 Å². The van der Waals surface area contributed by atoms with Gasteiger partial charge in [0, 0.05) is 5.56 Å². The first-order valence-electron chi connectivity index (χ1n) is 7.66. The zero-order valence-electron chi connectivity index (χ0n) is 12.9. The van der Waals surface area contributed by atoms with Crippen LogP contribution < -0.4 is 0 Å². The van der Waals surface area contributed by atoms with Gasteiger partial charge in [-0.2, -0.15) is 0 Å². The van der Waals surface area contributed by atoms with Crippen LogP contribution in [0.5, 0.6) is 0 Å². The molecule has 3 aromatic carbocycles.